The van der Waals surface area contributed by atoms with Gasteiger partial charge in [0.1, 0.15) is 17.7 Å². The van der Waals surface area contributed by atoms with Crippen LogP contribution in [0.2, 0.25) is 5.02 Å². The van der Waals surface area contributed by atoms with Gasteiger partial charge in [-0.25, -0.2) is 8.78 Å². The zero-order chi connectivity index (χ0) is 19.3. The van der Waals surface area contributed by atoms with E-state index >= 15 is 0 Å². The van der Waals surface area contributed by atoms with Crippen LogP contribution in [0.5, 0.6) is 0 Å². The normalized spacial score (nSPS) is 11.4. The van der Waals surface area contributed by atoms with Gasteiger partial charge < -0.3 is 16.0 Å². The lowest BCUT2D eigenvalue weighted by Crippen LogP contribution is -2.43. The first-order valence-corrected chi connectivity index (χ1v) is 7.73. The van der Waals surface area contributed by atoms with Gasteiger partial charge in [-0.05, 0) is 35.9 Å². The quantitative estimate of drug-likeness (QED) is 0.709. The molecule has 0 spiro atoms. The Morgan fingerprint density at radius 1 is 1.00 bits per heavy atom. The second kappa shape index (κ2) is 8.39. The maximum atomic E-state index is 13.4. The summed E-state index contributed by atoms with van der Waals surface area (Å²) in [5.41, 5.74) is 0.301. The van der Waals surface area contributed by atoms with Gasteiger partial charge in [0.15, 0.2) is 0 Å². The Kier molecular flexibility index (Phi) is 6.24. The van der Waals surface area contributed by atoms with Crippen LogP contribution < -0.4 is 16.0 Å². The zero-order valence-corrected chi connectivity index (χ0v) is 14.2. The fraction of sp³-hybridized carbons (Fsp3) is 0.118. The summed E-state index contributed by atoms with van der Waals surface area (Å²) in [5, 5.41) is 6.64. The first-order chi connectivity index (χ1) is 12.3. The number of likely N-dealkylation sites (N-methyl/N-ethyl adjacent to an activating group) is 1. The zero-order valence-electron chi connectivity index (χ0n) is 13.5. The van der Waals surface area contributed by atoms with Gasteiger partial charge in [0.2, 0.25) is 5.91 Å². The van der Waals surface area contributed by atoms with Crippen molar-refractivity contribution in [3.63, 3.8) is 0 Å². The van der Waals surface area contributed by atoms with Crippen LogP contribution in [0, 0.1) is 11.6 Å². The van der Waals surface area contributed by atoms with Gasteiger partial charge in [0.05, 0.1) is 5.02 Å². The number of hydrogen-bond donors (Lipinski definition) is 3. The lowest BCUT2D eigenvalue weighted by Gasteiger charge is -2.17. The number of anilines is 1. The van der Waals surface area contributed by atoms with Gasteiger partial charge in [-0.3, -0.25) is 14.4 Å². The van der Waals surface area contributed by atoms with Crippen molar-refractivity contribution < 1.29 is 23.2 Å². The Morgan fingerprint density at radius 2 is 1.65 bits per heavy atom. The number of rotatable bonds is 4. The van der Waals surface area contributed by atoms with Crippen molar-refractivity contribution in [3.8, 4) is 0 Å². The molecule has 2 rings (SSSR count). The molecule has 0 aromatic heterocycles. The second-order valence-electron chi connectivity index (χ2n) is 5.16. The fourth-order valence-corrected chi connectivity index (χ4v) is 2.18. The molecule has 0 aliphatic heterocycles. The van der Waals surface area contributed by atoms with Crippen LogP contribution in [-0.2, 0) is 14.4 Å². The maximum Gasteiger partial charge on any atom is 0.313 e. The van der Waals surface area contributed by atoms with Gasteiger partial charge >= 0.3 is 11.8 Å². The topological polar surface area (TPSA) is 87.3 Å². The van der Waals surface area contributed by atoms with Gasteiger partial charge in [0.25, 0.3) is 0 Å². The summed E-state index contributed by atoms with van der Waals surface area (Å²) >= 11 is 5.54. The molecule has 26 heavy (non-hydrogen) atoms. The van der Waals surface area contributed by atoms with Crippen LogP contribution >= 0.6 is 11.6 Å². The number of halogens is 3. The summed E-state index contributed by atoms with van der Waals surface area (Å²) in [7, 11) is 1.35. The van der Waals surface area contributed by atoms with Crippen LogP contribution in [0.3, 0.4) is 0 Å². The van der Waals surface area contributed by atoms with Crippen LogP contribution in [0.4, 0.5) is 14.5 Å². The van der Waals surface area contributed by atoms with E-state index in [2.05, 4.69) is 16.0 Å². The molecule has 3 N–H and O–H groups in total. The van der Waals surface area contributed by atoms with Gasteiger partial charge in [-0.2, -0.15) is 0 Å². The molecule has 3 amide bonds. The Bertz CT molecular complexity index is 844. The van der Waals surface area contributed by atoms with Crippen LogP contribution in [-0.4, -0.2) is 24.8 Å². The van der Waals surface area contributed by atoms with Gasteiger partial charge in [-0.15, -0.1) is 0 Å². The van der Waals surface area contributed by atoms with Crippen molar-refractivity contribution in [2.75, 3.05) is 12.4 Å². The van der Waals surface area contributed by atoms with Crippen molar-refractivity contribution >= 4 is 35.0 Å². The van der Waals surface area contributed by atoms with E-state index in [1.54, 1.807) is 0 Å². The van der Waals surface area contributed by atoms with E-state index in [4.69, 9.17) is 11.6 Å². The average Bonchev–Trinajstić information content (AvgIpc) is 2.62. The molecule has 0 radical (unpaired) electrons. The molecule has 1 unspecified atom stereocenters. The van der Waals surface area contributed by atoms with E-state index in [-0.39, 0.29) is 16.3 Å². The molecule has 6 nitrogen and oxygen atoms in total. The van der Waals surface area contributed by atoms with Gasteiger partial charge in [0, 0.05) is 12.7 Å². The predicted octanol–water partition coefficient (Wildman–Crippen LogP) is 2.16. The largest absolute Gasteiger partial charge is 0.357 e. The highest BCUT2D eigenvalue weighted by Gasteiger charge is 2.25. The molecule has 9 heteroatoms. The molecule has 1 atom stereocenters. The maximum absolute atomic E-state index is 13.4. The minimum atomic E-state index is -1.21. The summed E-state index contributed by atoms with van der Waals surface area (Å²) in [6, 6.07) is 7.12. The highest BCUT2D eigenvalue weighted by Crippen LogP contribution is 2.19. The fourth-order valence-electron chi connectivity index (χ4n) is 2.06. The standard InChI is InChI=1S/C17H14ClF2N3O3/c1-21-15(24)14(9-2-4-10(19)5-3-9)23-17(26)16(25)22-11-6-7-12(18)13(20)8-11/h2-8,14H,1H3,(H,21,24)(H,22,25)(H,23,26). The number of nitrogens with one attached hydrogen (secondary N) is 3. The molecule has 0 aliphatic rings. The van der Waals surface area contributed by atoms with Crippen molar-refractivity contribution in [3.05, 3.63) is 64.7 Å². The average molecular weight is 382 g/mol. The van der Waals surface area contributed by atoms with E-state index in [0.717, 1.165) is 18.2 Å². The Morgan fingerprint density at radius 3 is 2.23 bits per heavy atom. The number of carbonyl (C=O) groups excluding carboxylic acids is 3. The summed E-state index contributed by atoms with van der Waals surface area (Å²) < 4.78 is 26.4. The van der Waals surface area contributed by atoms with Crippen molar-refractivity contribution in [1.29, 1.82) is 0 Å². The molecular weight excluding hydrogens is 368 g/mol. The summed E-state index contributed by atoms with van der Waals surface area (Å²) in [4.78, 5) is 36.0. The second-order valence-corrected chi connectivity index (χ2v) is 5.56. The summed E-state index contributed by atoms with van der Waals surface area (Å²) in [5.74, 6) is -4.12. The van der Waals surface area contributed by atoms with Crippen molar-refractivity contribution in [2.45, 2.75) is 6.04 Å². The molecule has 0 aliphatic carbocycles. The lowest BCUT2D eigenvalue weighted by molar-refractivity contribution is -0.138. The molecule has 0 heterocycles. The summed E-state index contributed by atoms with van der Waals surface area (Å²) in [6.07, 6.45) is 0. The van der Waals surface area contributed by atoms with E-state index in [0.29, 0.717) is 0 Å². The van der Waals surface area contributed by atoms with E-state index in [1.165, 1.54) is 31.3 Å². The number of amides is 3. The Labute approximate surface area is 152 Å². The SMILES string of the molecule is CNC(=O)C(NC(=O)C(=O)Nc1ccc(Cl)c(F)c1)c1ccc(F)cc1. The third kappa shape index (κ3) is 4.76. The summed E-state index contributed by atoms with van der Waals surface area (Å²) in [6.45, 7) is 0. The highest BCUT2D eigenvalue weighted by atomic mass is 35.5. The molecule has 0 fully saturated rings. The van der Waals surface area contributed by atoms with Gasteiger partial charge in [-0.1, -0.05) is 23.7 Å². The number of hydrogen-bond acceptors (Lipinski definition) is 3. The smallest absolute Gasteiger partial charge is 0.313 e. The molecule has 2 aromatic rings. The third-order valence-corrected chi connectivity index (χ3v) is 3.68. The minimum Gasteiger partial charge on any atom is -0.357 e. The van der Waals surface area contributed by atoms with Crippen LogP contribution in [0.25, 0.3) is 0 Å². The Hall–Kier alpha value is -3.00. The molecule has 0 saturated carbocycles. The molecule has 2 aromatic carbocycles. The van der Waals surface area contributed by atoms with E-state index in [1.807, 2.05) is 0 Å². The number of carbonyl (C=O) groups is 3. The highest BCUT2D eigenvalue weighted by molar-refractivity contribution is 6.40. The van der Waals surface area contributed by atoms with Crippen molar-refractivity contribution in [1.82, 2.24) is 10.6 Å². The minimum absolute atomic E-state index is 0.0188. The first kappa shape index (κ1) is 19.3. The predicted molar refractivity (Wildman–Crippen MR) is 91.4 cm³/mol. The molecular formula is C17H14ClF2N3O3. The van der Waals surface area contributed by atoms with Crippen molar-refractivity contribution in [2.24, 2.45) is 0 Å². The lowest BCUT2D eigenvalue weighted by atomic mass is 10.1. The monoisotopic (exact) mass is 381 g/mol. The third-order valence-electron chi connectivity index (χ3n) is 3.37. The molecule has 136 valence electrons. The van der Waals surface area contributed by atoms with Crippen LogP contribution in [0.15, 0.2) is 42.5 Å². The van der Waals surface area contributed by atoms with Crippen LogP contribution in [0.1, 0.15) is 11.6 Å². The molecule has 0 saturated heterocycles. The van der Waals surface area contributed by atoms with E-state index < -0.39 is 35.4 Å². The Balaban J connectivity index is 2.12. The van der Waals surface area contributed by atoms with E-state index in [9.17, 15) is 23.2 Å². The number of benzene rings is 2. The molecule has 0 bridgehead atoms. The first-order valence-electron chi connectivity index (χ1n) is 7.35.